The summed E-state index contributed by atoms with van der Waals surface area (Å²) in [6.07, 6.45) is 0. The molecule has 1 aromatic rings. The summed E-state index contributed by atoms with van der Waals surface area (Å²) in [6, 6.07) is -2.79. The fourth-order valence-electron chi connectivity index (χ4n) is 0.773. The number of aliphatic hydroxyl groups excluding tert-OH is 1. The molecule has 0 heterocycles. The lowest BCUT2D eigenvalue weighted by Crippen LogP contribution is -2.46. The number of carbonyl (C=O) groups is 1. The summed E-state index contributed by atoms with van der Waals surface area (Å²) < 4.78 is 37.6. The van der Waals surface area contributed by atoms with Gasteiger partial charge in [-0.25, -0.2) is 0 Å². The zero-order chi connectivity index (χ0) is 15.0. The van der Waals surface area contributed by atoms with Crippen molar-refractivity contribution in [3.63, 3.8) is 0 Å². The first-order chi connectivity index (χ1) is 8.62. The minimum absolute atomic E-state index is 0.336. The predicted octanol–water partition coefficient (Wildman–Crippen LogP) is 1.19. The van der Waals surface area contributed by atoms with Crippen molar-refractivity contribution in [1.29, 1.82) is 0 Å². The third-order valence-electron chi connectivity index (χ3n) is 1.57. The number of aliphatic hydroxyl groups is 1. The molecule has 2 N–H and O–H groups in total. The Morgan fingerprint density at radius 3 is 2.57 bits per heavy atom. The maximum atomic E-state index is 12.0. The first kappa shape index (κ1) is 5.51. The van der Waals surface area contributed by atoms with Gasteiger partial charge in [0.15, 0.2) is 0 Å². The molecule has 0 radical (unpaired) electrons. The molecule has 1 amide bonds. The second kappa shape index (κ2) is 4.24. The normalized spacial score (nSPS) is 16.1. The van der Waals surface area contributed by atoms with E-state index in [1.165, 1.54) is 0 Å². The number of amides is 1. The summed E-state index contributed by atoms with van der Waals surface area (Å²) in [5.74, 6) is -0.809. The van der Waals surface area contributed by atoms with Gasteiger partial charge in [0.2, 0.25) is 0 Å². The highest BCUT2D eigenvalue weighted by Crippen LogP contribution is 2.04. The van der Waals surface area contributed by atoms with Crippen LogP contribution in [0.15, 0.2) is 30.2 Å². The van der Waals surface area contributed by atoms with Gasteiger partial charge in [0.05, 0.1) is 19.0 Å². The molecule has 0 aliphatic rings. The smallest absolute Gasteiger partial charge is 0.251 e. The molecule has 0 aliphatic heterocycles. The van der Waals surface area contributed by atoms with Crippen molar-refractivity contribution in [2.24, 2.45) is 0 Å². The van der Waals surface area contributed by atoms with E-state index < -0.39 is 47.2 Å². The van der Waals surface area contributed by atoms with Gasteiger partial charge in [0, 0.05) is 5.56 Å². The van der Waals surface area contributed by atoms with Gasteiger partial charge in [-0.05, 0) is 25.9 Å². The molecule has 3 heteroatoms. The number of carbonyl (C=O) groups excluding carboxylic acids is 1. The molecule has 1 aromatic carbocycles. The van der Waals surface area contributed by atoms with Crippen molar-refractivity contribution in [3.05, 3.63) is 35.8 Å². The van der Waals surface area contributed by atoms with Gasteiger partial charge in [0.25, 0.3) is 5.91 Å². The highest BCUT2D eigenvalue weighted by atomic mass is 16.3. The second-order valence-corrected chi connectivity index (χ2v) is 3.50. The molecule has 14 heavy (non-hydrogen) atoms. The summed E-state index contributed by atoms with van der Waals surface area (Å²) >= 11 is 0. The van der Waals surface area contributed by atoms with Crippen molar-refractivity contribution in [2.75, 3.05) is 6.61 Å². The third-order valence-corrected chi connectivity index (χ3v) is 1.57. The van der Waals surface area contributed by atoms with Gasteiger partial charge >= 0.3 is 0 Å². The van der Waals surface area contributed by atoms with Crippen LogP contribution in [-0.2, 0) is 0 Å². The Morgan fingerprint density at radius 1 is 1.50 bits per heavy atom. The molecule has 0 saturated carbocycles. The van der Waals surface area contributed by atoms with Crippen LogP contribution in [0.25, 0.3) is 0 Å². The van der Waals surface area contributed by atoms with E-state index >= 15 is 0 Å². The van der Waals surface area contributed by atoms with Gasteiger partial charge in [-0.2, -0.15) is 0 Å². The lowest BCUT2D eigenvalue weighted by atomic mass is 10.1. The molecule has 0 spiro atoms. The minimum atomic E-state index is -0.944. The molecule has 0 unspecified atom stereocenters. The lowest BCUT2D eigenvalue weighted by Gasteiger charge is -2.23. The van der Waals surface area contributed by atoms with Crippen LogP contribution in [0, 0.1) is 0 Å². The van der Waals surface area contributed by atoms with E-state index in [-0.39, 0.29) is 6.61 Å². The van der Waals surface area contributed by atoms with Crippen LogP contribution in [0.3, 0.4) is 0 Å². The van der Waals surface area contributed by atoms with Crippen molar-refractivity contribution >= 4 is 5.91 Å². The third kappa shape index (κ3) is 2.85. The maximum absolute atomic E-state index is 12.0. The molecule has 3 nitrogen and oxygen atoms in total. The van der Waals surface area contributed by atoms with Crippen LogP contribution in [0.5, 0.6) is 0 Å². The van der Waals surface area contributed by atoms with Crippen LogP contribution in [0.1, 0.15) is 31.1 Å². The van der Waals surface area contributed by atoms with Gasteiger partial charge in [0.1, 0.15) is 0 Å². The quantitative estimate of drug-likeness (QED) is 0.766. The molecule has 0 aliphatic carbocycles. The van der Waals surface area contributed by atoms with Crippen LogP contribution in [0.2, 0.25) is 0 Å². The van der Waals surface area contributed by atoms with Gasteiger partial charge in [-0.1, -0.05) is 18.1 Å². The van der Waals surface area contributed by atoms with Gasteiger partial charge < -0.3 is 10.4 Å². The van der Waals surface area contributed by atoms with E-state index in [2.05, 4.69) is 5.32 Å². The van der Waals surface area contributed by atoms with E-state index in [1.54, 1.807) is 13.8 Å². The molecule has 1 rings (SSSR count). The molecule has 0 atom stereocenters. The zero-order valence-electron chi connectivity index (χ0n) is 13.1. The highest BCUT2D eigenvalue weighted by Gasteiger charge is 2.19. The second-order valence-electron chi connectivity index (χ2n) is 3.50. The SMILES string of the molecule is [2H]c1c([2H])c([2H])c(C(=O)NC(C)(C)CO)c([2H])c1[2H]. The summed E-state index contributed by atoms with van der Waals surface area (Å²) in [5.41, 5.74) is -1.37. The molecule has 76 valence electrons. The minimum Gasteiger partial charge on any atom is -0.394 e. The summed E-state index contributed by atoms with van der Waals surface area (Å²) in [4.78, 5) is 12.0. The molecular formula is C11H15NO2. The zero-order valence-corrected chi connectivity index (χ0v) is 8.06. The monoisotopic (exact) mass is 198 g/mol. The van der Waals surface area contributed by atoms with Crippen LogP contribution >= 0.6 is 0 Å². The Bertz CT molecular complexity index is 501. The van der Waals surface area contributed by atoms with E-state index in [0.29, 0.717) is 0 Å². The van der Waals surface area contributed by atoms with E-state index in [0.717, 1.165) is 0 Å². The Labute approximate surface area is 90.8 Å². The van der Waals surface area contributed by atoms with Crippen LogP contribution < -0.4 is 5.32 Å². The number of rotatable bonds is 3. The predicted molar refractivity (Wildman–Crippen MR) is 55.1 cm³/mol. The first-order valence-corrected chi connectivity index (χ1v) is 4.12. The number of nitrogens with one attached hydrogen (secondary N) is 1. The number of hydrogen-bond donors (Lipinski definition) is 2. The summed E-state index contributed by atoms with van der Waals surface area (Å²) in [7, 11) is 0. The Balaban J connectivity index is 3.33. The van der Waals surface area contributed by atoms with Crippen molar-refractivity contribution in [3.8, 4) is 0 Å². The van der Waals surface area contributed by atoms with Crippen molar-refractivity contribution in [1.82, 2.24) is 5.32 Å². The Kier molecular flexibility index (Phi) is 1.67. The number of benzene rings is 1. The van der Waals surface area contributed by atoms with Crippen LogP contribution in [-0.4, -0.2) is 23.2 Å². The van der Waals surface area contributed by atoms with E-state index in [1.807, 2.05) is 0 Å². The first-order valence-electron chi connectivity index (χ1n) is 6.62. The average Bonchev–Trinajstić information content (AvgIpc) is 2.33. The molecule has 0 bridgehead atoms. The van der Waals surface area contributed by atoms with Crippen molar-refractivity contribution in [2.45, 2.75) is 19.4 Å². The highest BCUT2D eigenvalue weighted by molar-refractivity contribution is 5.94. The lowest BCUT2D eigenvalue weighted by molar-refractivity contribution is 0.0869. The van der Waals surface area contributed by atoms with E-state index in [4.69, 9.17) is 12.0 Å². The number of hydrogen-bond acceptors (Lipinski definition) is 2. The summed E-state index contributed by atoms with van der Waals surface area (Å²) in [6.45, 7) is 2.78. The topological polar surface area (TPSA) is 49.3 Å². The van der Waals surface area contributed by atoms with Crippen molar-refractivity contribution < 1.29 is 16.8 Å². The van der Waals surface area contributed by atoms with Gasteiger partial charge in [-0.3, -0.25) is 4.79 Å². The standard InChI is InChI=1S/C11H15NO2/c1-11(2,8-13)12-10(14)9-6-4-3-5-7-9/h3-7,13H,8H2,1-2H3,(H,12,14)/i3D,4D,5D,6D,7D. The molecule has 0 aromatic heterocycles. The Morgan fingerprint density at radius 2 is 2.07 bits per heavy atom. The van der Waals surface area contributed by atoms with E-state index in [9.17, 15) is 4.79 Å². The molecular weight excluding hydrogens is 178 g/mol. The summed E-state index contributed by atoms with van der Waals surface area (Å²) in [5, 5.41) is 11.5. The van der Waals surface area contributed by atoms with Crippen LogP contribution in [0.4, 0.5) is 0 Å². The molecule has 0 saturated heterocycles. The maximum Gasteiger partial charge on any atom is 0.251 e. The molecule has 0 fully saturated rings. The fraction of sp³-hybridized carbons (Fsp3) is 0.364. The van der Waals surface area contributed by atoms with Gasteiger partial charge in [-0.15, -0.1) is 0 Å². The fourth-order valence-corrected chi connectivity index (χ4v) is 0.773. The average molecular weight is 198 g/mol. The largest absolute Gasteiger partial charge is 0.394 e. The Hall–Kier alpha value is -1.35.